The molecule has 0 fully saturated rings. The molecule has 2 aromatic rings. The van der Waals surface area contributed by atoms with E-state index in [1.165, 1.54) is 10.6 Å². The first-order valence-corrected chi connectivity index (χ1v) is 6.78. The number of pyridine rings is 1. The van der Waals surface area contributed by atoms with Crippen molar-refractivity contribution in [1.29, 1.82) is 0 Å². The van der Waals surface area contributed by atoms with Gasteiger partial charge in [-0.1, -0.05) is 32.9 Å². The maximum Gasteiger partial charge on any atom is 0.341 e. The number of hydrogen-bond acceptors (Lipinski definition) is 2. The lowest BCUT2D eigenvalue weighted by atomic mass is 9.87. The molecule has 4 nitrogen and oxygen atoms in total. The summed E-state index contributed by atoms with van der Waals surface area (Å²) in [7, 11) is 0. The molecule has 0 aliphatic heterocycles. The molecule has 0 saturated carbocycles. The second kappa shape index (κ2) is 5.20. The maximum absolute atomic E-state index is 12.3. The van der Waals surface area contributed by atoms with Crippen molar-refractivity contribution in [2.75, 3.05) is 0 Å². The number of rotatable bonds is 2. The number of aromatic carboxylic acids is 1. The summed E-state index contributed by atoms with van der Waals surface area (Å²) >= 11 is 0. The standard InChI is InChI=1S/C17H19NO3/c1-11-5-10-14(16(20)21)15(19)18(11)13-8-6-12(7-9-13)17(2,3)4/h5-10H,1-4H3,(H,20,21). The third kappa shape index (κ3) is 2.89. The predicted octanol–water partition coefficient (Wildman–Crippen LogP) is 3.14. The molecule has 0 aliphatic rings. The summed E-state index contributed by atoms with van der Waals surface area (Å²) in [5.74, 6) is -1.21. The van der Waals surface area contributed by atoms with Gasteiger partial charge in [0, 0.05) is 11.4 Å². The lowest BCUT2D eigenvalue weighted by Crippen LogP contribution is -2.26. The zero-order chi connectivity index (χ0) is 15.8. The van der Waals surface area contributed by atoms with Crippen molar-refractivity contribution in [2.45, 2.75) is 33.1 Å². The molecule has 1 aromatic carbocycles. The molecule has 0 radical (unpaired) electrons. The van der Waals surface area contributed by atoms with Gasteiger partial charge >= 0.3 is 5.97 Å². The summed E-state index contributed by atoms with van der Waals surface area (Å²) in [6.45, 7) is 8.13. The molecule has 21 heavy (non-hydrogen) atoms. The summed E-state index contributed by atoms with van der Waals surface area (Å²) in [6, 6.07) is 10.6. The molecule has 0 unspecified atom stereocenters. The molecule has 1 heterocycles. The van der Waals surface area contributed by atoms with E-state index in [-0.39, 0.29) is 11.0 Å². The van der Waals surface area contributed by atoms with Crippen LogP contribution >= 0.6 is 0 Å². The number of carbonyl (C=O) groups is 1. The minimum atomic E-state index is -1.21. The van der Waals surface area contributed by atoms with Gasteiger partial charge in [-0.25, -0.2) is 4.79 Å². The summed E-state index contributed by atoms with van der Waals surface area (Å²) in [5.41, 5.74) is 1.83. The average Bonchev–Trinajstić information content (AvgIpc) is 2.38. The molecule has 0 atom stereocenters. The first-order chi connectivity index (χ1) is 9.71. The molecule has 1 aromatic heterocycles. The van der Waals surface area contributed by atoms with Gasteiger partial charge in [0.25, 0.3) is 5.56 Å². The molecule has 0 saturated heterocycles. The van der Waals surface area contributed by atoms with Gasteiger partial charge in [-0.2, -0.15) is 0 Å². The van der Waals surface area contributed by atoms with E-state index in [2.05, 4.69) is 20.8 Å². The van der Waals surface area contributed by atoms with Crippen LogP contribution in [0.25, 0.3) is 5.69 Å². The van der Waals surface area contributed by atoms with Crippen molar-refractivity contribution in [2.24, 2.45) is 0 Å². The van der Waals surface area contributed by atoms with E-state index in [0.717, 1.165) is 5.56 Å². The van der Waals surface area contributed by atoms with E-state index in [1.807, 2.05) is 24.3 Å². The SMILES string of the molecule is Cc1ccc(C(=O)O)c(=O)n1-c1ccc(C(C)(C)C)cc1. The van der Waals surface area contributed by atoms with Crippen molar-refractivity contribution < 1.29 is 9.90 Å². The van der Waals surface area contributed by atoms with Crippen LogP contribution in [0.3, 0.4) is 0 Å². The van der Waals surface area contributed by atoms with Crippen molar-refractivity contribution in [3.05, 3.63) is 63.6 Å². The molecule has 0 aliphatic carbocycles. The molecule has 0 bridgehead atoms. The topological polar surface area (TPSA) is 59.3 Å². The lowest BCUT2D eigenvalue weighted by molar-refractivity contribution is 0.0694. The number of carboxylic acid groups (broad SMARTS) is 1. The van der Waals surface area contributed by atoms with Crippen LogP contribution in [0, 0.1) is 6.92 Å². The molecule has 0 amide bonds. The number of carboxylic acids is 1. The number of hydrogen-bond donors (Lipinski definition) is 1. The highest BCUT2D eigenvalue weighted by Crippen LogP contribution is 2.23. The number of aryl methyl sites for hydroxylation is 1. The van der Waals surface area contributed by atoms with Crippen LogP contribution in [0.4, 0.5) is 0 Å². The largest absolute Gasteiger partial charge is 0.477 e. The molecular weight excluding hydrogens is 266 g/mol. The van der Waals surface area contributed by atoms with Crippen molar-refractivity contribution in [3.63, 3.8) is 0 Å². The highest BCUT2D eigenvalue weighted by molar-refractivity contribution is 5.87. The molecule has 0 spiro atoms. The van der Waals surface area contributed by atoms with E-state index >= 15 is 0 Å². The second-order valence-electron chi connectivity index (χ2n) is 6.13. The van der Waals surface area contributed by atoms with Crippen LogP contribution in [0.5, 0.6) is 0 Å². The van der Waals surface area contributed by atoms with E-state index < -0.39 is 11.5 Å². The predicted molar refractivity (Wildman–Crippen MR) is 82.4 cm³/mol. The van der Waals surface area contributed by atoms with E-state index in [1.54, 1.807) is 13.0 Å². The maximum atomic E-state index is 12.3. The Morgan fingerprint density at radius 2 is 1.62 bits per heavy atom. The summed E-state index contributed by atoms with van der Waals surface area (Å²) in [4.78, 5) is 23.4. The van der Waals surface area contributed by atoms with E-state index in [4.69, 9.17) is 5.11 Å². The Hall–Kier alpha value is -2.36. The third-order valence-electron chi connectivity index (χ3n) is 3.50. The monoisotopic (exact) mass is 285 g/mol. The van der Waals surface area contributed by atoms with Crippen LogP contribution < -0.4 is 5.56 Å². The second-order valence-corrected chi connectivity index (χ2v) is 6.13. The fourth-order valence-electron chi connectivity index (χ4n) is 2.22. The van der Waals surface area contributed by atoms with Crippen LogP contribution in [0.15, 0.2) is 41.2 Å². The molecular formula is C17H19NO3. The number of aromatic nitrogens is 1. The van der Waals surface area contributed by atoms with Crippen LogP contribution in [0.1, 0.15) is 42.4 Å². The summed E-state index contributed by atoms with van der Waals surface area (Å²) in [6.07, 6.45) is 0. The fourth-order valence-corrected chi connectivity index (χ4v) is 2.22. The van der Waals surface area contributed by atoms with Crippen molar-refractivity contribution in [1.82, 2.24) is 4.57 Å². The van der Waals surface area contributed by atoms with Gasteiger partial charge in [0.2, 0.25) is 0 Å². The van der Waals surface area contributed by atoms with Crippen LogP contribution in [0.2, 0.25) is 0 Å². The molecule has 1 N–H and O–H groups in total. The Morgan fingerprint density at radius 3 is 2.10 bits per heavy atom. The molecule has 110 valence electrons. The minimum absolute atomic E-state index is 0.0292. The van der Waals surface area contributed by atoms with Gasteiger partial charge in [0.1, 0.15) is 5.56 Å². The zero-order valence-electron chi connectivity index (χ0n) is 12.7. The molecule has 2 rings (SSSR count). The third-order valence-corrected chi connectivity index (χ3v) is 3.50. The Labute approximate surface area is 123 Å². The Kier molecular flexibility index (Phi) is 3.73. The Morgan fingerprint density at radius 1 is 1.05 bits per heavy atom. The van der Waals surface area contributed by atoms with E-state index in [9.17, 15) is 9.59 Å². The fraction of sp³-hybridized carbons (Fsp3) is 0.294. The normalized spacial score (nSPS) is 11.4. The molecule has 4 heteroatoms. The van der Waals surface area contributed by atoms with Crippen LogP contribution in [-0.4, -0.2) is 15.6 Å². The van der Waals surface area contributed by atoms with Crippen LogP contribution in [-0.2, 0) is 5.41 Å². The van der Waals surface area contributed by atoms with Gasteiger partial charge in [-0.15, -0.1) is 0 Å². The average molecular weight is 285 g/mol. The van der Waals surface area contributed by atoms with Crippen molar-refractivity contribution >= 4 is 5.97 Å². The first kappa shape index (κ1) is 15.0. The number of benzene rings is 1. The summed E-state index contributed by atoms with van der Waals surface area (Å²) in [5, 5.41) is 9.07. The van der Waals surface area contributed by atoms with Gasteiger partial charge in [-0.3, -0.25) is 9.36 Å². The quantitative estimate of drug-likeness (QED) is 0.922. The van der Waals surface area contributed by atoms with Gasteiger partial charge < -0.3 is 5.11 Å². The minimum Gasteiger partial charge on any atom is -0.477 e. The lowest BCUT2D eigenvalue weighted by Gasteiger charge is -2.19. The first-order valence-electron chi connectivity index (χ1n) is 6.78. The van der Waals surface area contributed by atoms with Crippen molar-refractivity contribution in [3.8, 4) is 5.69 Å². The zero-order valence-corrected chi connectivity index (χ0v) is 12.7. The number of nitrogens with zero attached hydrogens (tertiary/aromatic N) is 1. The van der Waals surface area contributed by atoms with Gasteiger partial charge in [0.15, 0.2) is 0 Å². The highest BCUT2D eigenvalue weighted by Gasteiger charge is 2.16. The highest BCUT2D eigenvalue weighted by atomic mass is 16.4. The smallest absolute Gasteiger partial charge is 0.341 e. The Bertz CT molecular complexity index is 734. The van der Waals surface area contributed by atoms with E-state index in [0.29, 0.717) is 11.4 Å². The Balaban J connectivity index is 2.60. The summed E-state index contributed by atoms with van der Waals surface area (Å²) < 4.78 is 1.43. The van der Waals surface area contributed by atoms with Gasteiger partial charge in [0.05, 0.1) is 0 Å². The van der Waals surface area contributed by atoms with Gasteiger partial charge in [-0.05, 0) is 42.2 Å².